The molecular formula is C30H34BrN3O. The monoisotopic (exact) mass is 531 g/mol. The zero-order valence-electron chi connectivity index (χ0n) is 20.3. The smallest absolute Gasteiger partial charge is 0.224 e. The number of piperidine rings is 1. The van der Waals surface area contributed by atoms with Gasteiger partial charge in [-0.25, -0.2) is 0 Å². The highest BCUT2D eigenvalue weighted by molar-refractivity contribution is 9.10. The number of carbonyl (C=O) groups excluding carboxylic acids is 1. The molecule has 3 aromatic carbocycles. The van der Waals surface area contributed by atoms with Crippen LogP contribution < -0.4 is 5.32 Å². The molecule has 0 aromatic heterocycles. The minimum absolute atomic E-state index is 0.0625. The van der Waals surface area contributed by atoms with E-state index >= 15 is 0 Å². The highest BCUT2D eigenvalue weighted by Gasteiger charge is 2.25. The molecule has 5 rings (SSSR count). The first-order valence-electron chi connectivity index (χ1n) is 12.7. The lowest BCUT2D eigenvalue weighted by atomic mass is 9.96. The fraction of sp³-hybridized carbons (Fsp3) is 0.367. The molecule has 1 saturated heterocycles. The van der Waals surface area contributed by atoms with Crippen LogP contribution in [0.4, 0.5) is 0 Å². The van der Waals surface area contributed by atoms with Crippen LogP contribution in [0.25, 0.3) is 0 Å². The van der Waals surface area contributed by atoms with Crippen LogP contribution in [0, 0.1) is 5.92 Å². The summed E-state index contributed by atoms with van der Waals surface area (Å²) in [6.07, 6.45) is 3.16. The SMILES string of the molecule is O=C(NCc1cccc(CN2CCc3ccccc3C2)c1)C1CCCN(Cc2cccc(Br)c2)C1. The summed E-state index contributed by atoms with van der Waals surface area (Å²) in [6, 6.07) is 25.9. The van der Waals surface area contributed by atoms with Crippen molar-refractivity contribution < 1.29 is 4.79 Å². The van der Waals surface area contributed by atoms with Crippen LogP contribution >= 0.6 is 15.9 Å². The highest BCUT2D eigenvalue weighted by Crippen LogP contribution is 2.22. The Hall–Kier alpha value is -2.47. The molecule has 1 atom stereocenters. The van der Waals surface area contributed by atoms with E-state index in [1.54, 1.807) is 0 Å². The molecule has 0 bridgehead atoms. The van der Waals surface area contributed by atoms with Crippen LogP contribution in [0.1, 0.15) is 40.7 Å². The molecule has 2 heterocycles. The van der Waals surface area contributed by atoms with Crippen LogP contribution in [0.3, 0.4) is 0 Å². The molecule has 1 N–H and O–H groups in total. The Morgan fingerprint density at radius 3 is 2.46 bits per heavy atom. The molecule has 2 aliphatic rings. The van der Waals surface area contributed by atoms with E-state index in [0.717, 1.165) is 63.0 Å². The van der Waals surface area contributed by atoms with Crippen molar-refractivity contribution in [2.45, 2.75) is 45.4 Å². The van der Waals surface area contributed by atoms with E-state index in [0.29, 0.717) is 6.54 Å². The van der Waals surface area contributed by atoms with Gasteiger partial charge in [-0.3, -0.25) is 14.6 Å². The Morgan fingerprint density at radius 1 is 0.857 bits per heavy atom. The molecule has 5 heteroatoms. The van der Waals surface area contributed by atoms with Gasteiger partial charge in [0.05, 0.1) is 5.92 Å². The highest BCUT2D eigenvalue weighted by atomic mass is 79.9. The summed E-state index contributed by atoms with van der Waals surface area (Å²) >= 11 is 3.56. The molecule has 1 unspecified atom stereocenters. The van der Waals surface area contributed by atoms with E-state index in [1.165, 1.54) is 27.8 Å². The molecule has 1 fully saturated rings. The van der Waals surface area contributed by atoms with Gasteiger partial charge in [0, 0.05) is 43.7 Å². The normalized spacial score (nSPS) is 18.7. The Morgan fingerprint density at radius 2 is 1.60 bits per heavy atom. The number of rotatable bonds is 7. The quantitative estimate of drug-likeness (QED) is 0.435. The van der Waals surface area contributed by atoms with Gasteiger partial charge < -0.3 is 5.32 Å². The van der Waals surface area contributed by atoms with Crippen molar-refractivity contribution in [3.05, 3.63) is 105 Å². The van der Waals surface area contributed by atoms with Crippen LogP contribution in [0.15, 0.2) is 77.3 Å². The maximum Gasteiger partial charge on any atom is 0.224 e. The molecule has 4 nitrogen and oxygen atoms in total. The van der Waals surface area contributed by atoms with Crippen molar-refractivity contribution in [1.82, 2.24) is 15.1 Å². The second kappa shape index (κ2) is 11.5. The summed E-state index contributed by atoms with van der Waals surface area (Å²) in [5.41, 5.74) is 6.71. The lowest BCUT2D eigenvalue weighted by Gasteiger charge is -2.32. The van der Waals surface area contributed by atoms with E-state index in [2.05, 4.69) is 104 Å². The standard InChI is InChI=1S/C30H34BrN3O/c31-29-12-4-8-25(17-29)20-33-14-5-11-28(22-33)30(35)32-18-23-6-3-7-24(16-23)19-34-15-13-26-9-1-2-10-27(26)21-34/h1-4,6-10,12,16-17,28H,5,11,13-15,18-22H2,(H,32,35). The van der Waals surface area contributed by atoms with E-state index in [1.807, 2.05) is 0 Å². The summed E-state index contributed by atoms with van der Waals surface area (Å²) in [4.78, 5) is 17.9. The first-order valence-corrected chi connectivity index (χ1v) is 13.5. The molecule has 2 aliphatic heterocycles. The van der Waals surface area contributed by atoms with E-state index in [9.17, 15) is 4.79 Å². The summed E-state index contributed by atoms with van der Waals surface area (Å²) in [7, 11) is 0. The second-order valence-corrected chi connectivity index (χ2v) is 10.9. The number of amides is 1. The summed E-state index contributed by atoms with van der Waals surface area (Å²) in [5, 5.41) is 3.22. The number of fused-ring (bicyclic) bond motifs is 1. The Bertz CT molecular complexity index is 1160. The average molecular weight is 533 g/mol. The molecule has 35 heavy (non-hydrogen) atoms. The minimum atomic E-state index is 0.0625. The van der Waals surface area contributed by atoms with Crippen molar-refractivity contribution >= 4 is 21.8 Å². The maximum atomic E-state index is 13.0. The number of hydrogen-bond donors (Lipinski definition) is 1. The number of carbonyl (C=O) groups is 1. The van der Waals surface area contributed by atoms with Gasteiger partial charge in [0.2, 0.25) is 5.91 Å². The van der Waals surface area contributed by atoms with Gasteiger partial charge >= 0.3 is 0 Å². The summed E-state index contributed by atoms with van der Waals surface area (Å²) < 4.78 is 1.11. The van der Waals surface area contributed by atoms with Crippen LogP contribution in [0.2, 0.25) is 0 Å². The number of likely N-dealkylation sites (tertiary alicyclic amines) is 1. The Labute approximate surface area is 217 Å². The molecule has 3 aromatic rings. The number of benzene rings is 3. The van der Waals surface area contributed by atoms with E-state index in [-0.39, 0.29) is 11.8 Å². The number of hydrogen-bond acceptors (Lipinski definition) is 3. The fourth-order valence-corrected chi connectivity index (χ4v) is 5.87. The molecule has 0 spiro atoms. The van der Waals surface area contributed by atoms with Crippen molar-refractivity contribution in [3.63, 3.8) is 0 Å². The summed E-state index contributed by atoms with van der Waals surface area (Å²) in [6.45, 7) is 6.42. The minimum Gasteiger partial charge on any atom is -0.352 e. The van der Waals surface area contributed by atoms with Gasteiger partial charge in [0.15, 0.2) is 0 Å². The lowest BCUT2D eigenvalue weighted by molar-refractivity contribution is -0.126. The third-order valence-electron chi connectivity index (χ3n) is 7.25. The summed E-state index contributed by atoms with van der Waals surface area (Å²) in [5.74, 6) is 0.245. The molecule has 0 saturated carbocycles. The average Bonchev–Trinajstić information content (AvgIpc) is 2.88. The number of nitrogens with one attached hydrogen (secondary N) is 1. The second-order valence-electron chi connectivity index (χ2n) is 9.97. The molecule has 0 aliphatic carbocycles. The zero-order valence-corrected chi connectivity index (χ0v) is 21.8. The fourth-order valence-electron chi connectivity index (χ4n) is 5.43. The topological polar surface area (TPSA) is 35.6 Å². The molecule has 182 valence electrons. The lowest BCUT2D eigenvalue weighted by Crippen LogP contribution is -2.42. The van der Waals surface area contributed by atoms with Crippen molar-refractivity contribution in [2.75, 3.05) is 19.6 Å². The molecule has 0 radical (unpaired) electrons. The first kappa shape index (κ1) is 24.2. The van der Waals surface area contributed by atoms with Crippen molar-refractivity contribution in [3.8, 4) is 0 Å². The van der Waals surface area contributed by atoms with Gasteiger partial charge in [-0.2, -0.15) is 0 Å². The van der Waals surface area contributed by atoms with Crippen molar-refractivity contribution in [1.29, 1.82) is 0 Å². The Kier molecular flexibility index (Phi) is 7.97. The first-order chi connectivity index (χ1) is 17.1. The van der Waals surface area contributed by atoms with Crippen molar-refractivity contribution in [2.24, 2.45) is 5.92 Å². The predicted molar refractivity (Wildman–Crippen MR) is 145 cm³/mol. The number of nitrogens with zero attached hydrogens (tertiary/aromatic N) is 2. The maximum absolute atomic E-state index is 13.0. The zero-order chi connectivity index (χ0) is 24.0. The van der Waals surface area contributed by atoms with Gasteiger partial charge in [0.1, 0.15) is 0 Å². The van der Waals surface area contributed by atoms with Crippen LogP contribution in [0.5, 0.6) is 0 Å². The van der Waals surface area contributed by atoms with Gasteiger partial charge in [0.25, 0.3) is 0 Å². The Balaban J connectivity index is 1.12. The van der Waals surface area contributed by atoms with Crippen LogP contribution in [-0.4, -0.2) is 35.3 Å². The predicted octanol–water partition coefficient (Wildman–Crippen LogP) is 5.54. The third kappa shape index (κ3) is 6.60. The largest absolute Gasteiger partial charge is 0.352 e. The third-order valence-corrected chi connectivity index (χ3v) is 7.74. The van der Waals surface area contributed by atoms with Crippen LogP contribution in [-0.2, 0) is 37.4 Å². The van der Waals surface area contributed by atoms with E-state index in [4.69, 9.17) is 0 Å². The number of halogens is 1. The molecular weight excluding hydrogens is 498 g/mol. The van der Waals surface area contributed by atoms with Gasteiger partial charge in [-0.15, -0.1) is 0 Å². The van der Waals surface area contributed by atoms with E-state index < -0.39 is 0 Å². The van der Waals surface area contributed by atoms with Gasteiger partial charge in [-0.05, 0) is 65.8 Å². The molecule has 1 amide bonds. The van der Waals surface area contributed by atoms with Gasteiger partial charge in [-0.1, -0.05) is 76.6 Å².